The van der Waals surface area contributed by atoms with E-state index in [4.69, 9.17) is 0 Å². The average molecular weight is 164 g/mol. The monoisotopic (exact) mass is 164 g/mol. The molecule has 0 aromatic heterocycles. The third-order valence-corrected chi connectivity index (χ3v) is 1.47. The van der Waals surface area contributed by atoms with Gasteiger partial charge in [0.1, 0.15) is 0 Å². The lowest BCUT2D eigenvalue weighted by Gasteiger charge is -2.16. The first-order valence-corrected chi connectivity index (χ1v) is 3.55. The molecular formula is C6H8N6. The molecule has 0 atom stereocenters. The summed E-state index contributed by atoms with van der Waals surface area (Å²) in [6.07, 6.45) is 5.91. The fourth-order valence-corrected chi connectivity index (χ4v) is 0.929. The Balaban J connectivity index is 2.07. The molecule has 0 aliphatic carbocycles. The fourth-order valence-electron chi connectivity index (χ4n) is 0.929. The first-order chi connectivity index (χ1) is 5.97. The second-order valence-corrected chi connectivity index (χ2v) is 2.27. The normalized spacial score (nSPS) is 22.3. The van der Waals surface area contributed by atoms with Crippen molar-refractivity contribution in [3.8, 4) is 0 Å². The van der Waals surface area contributed by atoms with Crippen LogP contribution in [0.25, 0.3) is 0 Å². The van der Waals surface area contributed by atoms with Crippen LogP contribution in [-0.2, 0) is 0 Å². The van der Waals surface area contributed by atoms with Crippen molar-refractivity contribution in [3.05, 3.63) is 0 Å². The van der Waals surface area contributed by atoms with Crippen LogP contribution < -0.4 is 10.6 Å². The van der Waals surface area contributed by atoms with Crippen LogP contribution in [0.3, 0.4) is 0 Å². The molecule has 2 N–H and O–H groups in total. The second kappa shape index (κ2) is 3.12. The summed E-state index contributed by atoms with van der Waals surface area (Å²) in [7, 11) is 0. The Labute approximate surface area is 69.2 Å². The molecule has 0 unspecified atom stereocenters. The van der Waals surface area contributed by atoms with E-state index < -0.39 is 0 Å². The SMILES string of the molecule is C1=NC(C2N=CNC=N2)N=CN1. The summed E-state index contributed by atoms with van der Waals surface area (Å²) in [5.74, 6) is 0. The summed E-state index contributed by atoms with van der Waals surface area (Å²) in [5.41, 5.74) is 0. The van der Waals surface area contributed by atoms with Gasteiger partial charge in [-0.05, 0) is 0 Å². The topological polar surface area (TPSA) is 73.5 Å². The van der Waals surface area contributed by atoms with Gasteiger partial charge in [0.2, 0.25) is 0 Å². The summed E-state index contributed by atoms with van der Waals surface area (Å²) < 4.78 is 0. The van der Waals surface area contributed by atoms with Crippen LogP contribution in [0.15, 0.2) is 20.0 Å². The minimum absolute atomic E-state index is 0.221. The highest BCUT2D eigenvalue weighted by Gasteiger charge is 2.18. The Bertz CT molecular complexity index is 213. The first kappa shape index (κ1) is 6.96. The van der Waals surface area contributed by atoms with Gasteiger partial charge < -0.3 is 10.6 Å². The number of nitrogens with zero attached hydrogens (tertiary/aromatic N) is 4. The van der Waals surface area contributed by atoms with Gasteiger partial charge in [-0.1, -0.05) is 0 Å². The van der Waals surface area contributed by atoms with Gasteiger partial charge in [-0.25, -0.2) is 20.0 Å². The molecule has 6 heteroatoms. The quantitative estimate of drug-likeness (QED) is 0.519. The Hall–Kier alpha value is -1.72. The molecule has 0 radical (unpaired) electrons. The highest BCUT2D eigenvalue weighted by Crippen LogP contribution is 2.07. The van der Waals surface area contributed by atoms with Crippen molar-refractivity contribution in [1.29, 1.82) is 0 Å². The van der Waals surface area contributed by atoms with Crippen molar-refractivity contribution in [2.75, 3.05) is 0 Å². The predicted molar refractivity (Wildman–Crippen MR) is 47.8 cm³/mol. The minimum Gasteiger partial charge on any atom is -0.338 e. The van der Waals surface area contributed by atoms with Crippen LogP contribution in [0, 0.1) is 0 Å². The molecule has 0 spiro atoms. The lowest BCUT2D eigenvalue weighted by molar-refractivity contribution is 0.563. The molecule has 0 amide bonds. The van der Waals surface area contributed by atoms with E-state index in [-0.39, 0.29) is 12.3 Å². The summed E-state index contributed by atoms with van der Waals surface area (Å²) in [5, 5.41) is 5.50. The zero-order valence-electron chi connectivity index (χ0n) is 6.25. The van der Waals surface area contributed by atoms with Crippen molar-refractivity contribution in [3.63, 3.8) is 0 Å². The lowest BCUT2D eigenvalue weighted by atomic mass is 10.4. The number of aliphatic imine (C=N–C) groups is 4. The van der Waals surface area contributed by atoms with Crippen LogP contribution in [0.5, 0.6) is 0 Å². The average Bonchev–Trinajstić information content (AvgIpc) is 2.21. The van der Waals surface area contributed by atoms with Crippen molar-refractivity contribution >= 4 is 25.4 Å². The van der Waals surface area contributed by atoms with Crippen molar-refractivity contribution < 1.29 is 0 Å². The third-order valence-electron chi connectivity index (χ3n) is 1.47. The van der Waals surface area contributed by atoms with Crippen molar-refractivity contribution in [2.24, 2.45) is 20.0 Å². The van der Waals surface area contributed by atoms with Gasteiger partial charge in [0.15, 0.2) is 12.3 Å². The number of nitrogens with one attached hydrogen (secondary N) is 2. The molecule has 6 nitrogen and oxygen atoms in total. The van der Waals surface area contributed by atoms with E-state index in [2.05, 4.69) is 30.6 Å². The van der Waals surface area contributed by atoms with Gasteiger partial charge in [0.05, 0.1) is 25.4 Å². The van der Waals surface area contributed by atoms with Gasteiger partial charge in [-0.2, -0.15) is 0 Å². The van der Waals surface area contributed by atoms with Crippen molar-refractivity contribution in [2.45, 2.75) is 12.3 Å². The summed E-state index contributed by atoms with van der Waals surface area (Å²) in [6.45, 7) is 0. The largest absolute Gasteiger partial charge is 0.338 e. The molecule has 2 heterocycles. The number of hydrogen-bond acceptors (Lipinski definition) is 6. The molecule has 0 aromatic carbocycles. The van der Waals surface area contributed by atoms with Gasteiger partial charge in [0, 0.05) is 0 Å². The Morgan fingerprint density at radius 2 is 1.00 bits per heavy atom. The molecule has 12 heavy (non-hydrogen) atoms. The van der Waals surface area contributed by atoms with E-state index in [9.17, 15) is 0 Å². The molecule has 2 aliphatic heterocycles. The molecular weight excluding hydrogens is 156 g/mol. The Morgan fingerprint density at radius 1 is 0.667 bits per heavy atom. The van der Waals surface area contributed by atoms with Gasteiger partial charge >= 0.3 is 0 Å². The third kappa shape index (κ3) is 1.31. The molecule has 0 bridgehead atoms. The van der Waals surface area contributed by atoms with Gasteiger partial charge in [-0.15, -0.1) is 0 Å². The van der Waals surface area contributed by atoms with E-state index in [0.29, 0.717) is 0 Å². The molecule has 0 fully saturated rings. The predicted octanol–water partition coefficient (Wildman–Crippen LogP) is -1.04. The van der Waals surface area contributed by atoms with E-state index >= 15 is 0 Å². The highest BCUT2D eigenvalue weighted by molar-refractivity contribution is 5.78. The maximum Gasteiger partial charge on any atom is 0.185 e. The minimum atomic E-state index is -0.221. The summed E-state index contributed by atoms with van der Waals surface area (Å²) in [6, 6.07) is 0. The van der Waals surface area contributed by atoms with Crippen LogP contribution in [0.4, 0.5) is 0 Å². The van der Waals surface area contributed by atoms with Crippen LogP contribution in [-0.4, -0.2) is 37.7 Å². The van der Waals surface area contributed by atoms with Gasteiger partial charge in [-0.3, -0.25) is 0 Å². The standard InChI is InChI=1S/C6H8N6/c1-7-2-10-5(9-1)6-11-3-8-4-12-6/h1-6H,(H,7,9,10)(H,8,11,12). The zero-order valence-corrected chi connectivity index (χ0v) is 6.25. The fraction of sp³-hybridized carbons (Fsp3) is 0.333. The Morgan fingerprint density at radius 3 is 1.33 bits per heavy atom. The molecule has 0 saturated carbocycles. The van der Waals surface area contributed by atoms with Gasteiger partial charge in [0.25, 0.3) is 0 Å². The highest BCUT2D eigenvalue weighted by atomic mass is 15.2. The van der Waals surface area contributed by atoms with E-state index in [0.717, 1.165) is 0 Å². The summed E-state index contributed by atoms with van der Waals surface area (Å²) >= 11 is 0. The maximum absolute atomic E-state index is 4.06. The second-order valence-electron chi connectivity index (χ2n) is 2.27. The Kier molecular flexibility index (Phi) is 1.81. The molecule has 2 rings (SSSR count). The maximum atomic E-state index is 4.06. The molecule has 0 aromatic rings. The van der Waals surface area contributed by atoms with Crippen LogP contribution in [0.1, 0.15) is 0 Å². The molecule has 0 saturated heterocycles. The van der Waals surface area contributed by atoms with E-state index in [1.54, 1.807) is 25.4 Å². The molecule has 62 valence electrons. The first-order valence-electron chi connectivity index (χ1n) is 3.55. The van der Waals surface area contributed by atoms with Crippen LogP contribution in [0.2, 0.25) is 0 Å². The smallest absolute Gasteiger partial charge is 0.185 e. The van der Waals surface area contributed by atoms with E-state index in [1.807, 2.05) is 0 Å². The number of hydrogen-bond donors (Lipinski definition) is 2. The van der Waals surface area contributed by atoms with Crippen LogP contribution >= 0.6 is 0 Å². The van der Waals surface area contributed by atoms with Crippen molar-refractivity contribution in [1.82, 2.24) is 10.6 Å². The summed E-state index contributed by atoms with van der Waals surface area (Å²) in [4.78, 5) is 16.3. The van der Waals surface area contributed by atoms with E-state index in [1.165, 1.54) is 0 Å². The molecule has 2 aliphatic rings. The number of rotatable bonds is 1. The lowest BCUT2D eigenvalue weighted by Crippen LogP contribution is -2.30. The zero-order chi connectivity index (χ0) is 8.23.